The zero-order valence-corrected chi connectivity index (χ0v) is 14.8. The Morgan fingerprint density at radius 2 is 1.73 bits per heavy atom. The Hall–Kier alpha value is -2.54. The Morgan fingerprint density at radius 1 is 1.15 bits per heavy atom. The highest BCUT2D eigenvalue weighted by atomic mass is 16.5. The summed E-state index contributed by atoms with van der Waals surface area (Å²) in [4.78, 5) is 26.3. The molecular weight excluding hydrogens is 338 g/mol. The maximum absolute atomic E-state index is 12.8. The molecule has 2 atom stereocenters. The van der Waals surface area contributed by atoms with Gasteiger partial charge < -0.3 is 19.7 Å². The fourth-order valence-electron chi connectivity index (χ4n) is 4.04. The molecule has 140 valence electrons. The lowest BCUT2D eigenvalue weighted by atomic mass is 9.71. The first kappa shape index (κ1) is 18.3. The van der Waals surface area contributed by atoms with E-state index in [4.69, 9.17) is 9.47 Å². The van der Waals surface area contributed by atoms with Gasteiger partial charge in [0.2, 0.25) is 5.75 Å². The zero-order chi connectivity index (χ0) is 18.8. The van der Waals surface area contributed by atoms with Crippen LogP contribution in [-0.2, 0) is 9.59 Å². The molecule has 7 nitrogen and oxygen atoms in total. The summed E-state index contributed by atoms with van der Waals surface area (Å²) < 4.78 is 10.2. The fraction of sp³-hybridized carbons (Fsp3) is 0.474. The van der Waals surface area contributed by atoms with E-state index >= 15 is 0 Å². The van der Waals surface area contributed by atoms with Crippen molar-refractivity contribution in [2.45, 2.75) is 18.9 Å². The molecular formula is C19H23NO6. The summed E-state index contributed by atoms with van der Waals surface area (Å²) in [6.07, 6.45) is 4.74. The molecule has 0 amide bonds. The van der Waals surface area contributed by atoms with Crippen molar-refractivity contribution in [3.8, 4) is 17.2 Å². The SMILES string of the molecule is COc1cc(/C=C/C(=O)C2C3CCN(CC3)C2C(=O)O)cc(OC)c1O. The van der Waals surface area contributed by atoms with Gasteiger partial charge in [-0.15, -0.1) is 0 Å². The van der Waals surface area contributed by atoms with Crippen LogP contribution in [0, 0.1) is 11.8 Å². The largest absolute Gasteiger partial charge is 0.502 e. The van der Waals surface area contributed by atoms with Crippen LogP contribution >= 0.6 is 0 Å². The van der Waals surface area contributed by atoms with E-state index in [1.165, 1.54) is 20.3 Å². The lowest BCUT2D eigenvalue weighted by Gasteiger charge is -2.48. The first-order valence-corrected chi connectivity index (χ1v) is 8.60. The summed E-state index contributed by atoms with van der Waals surface area (Å²) in [5.41, 5.74) is 0.623. The molecule has 2 unspecified atom stereocenters. The van der Waals surface area contributed by atoms with E-state index in [0.29, 0.717) is 5.56 Å². The number of carboxylic acids is 1. The molecule has 3 aliphatic rings. The van der Waals surface area contributed by atoms with Crippen LogP contribution in [0.2, 0.25) is 0 Å². The van der Waals surface area contributed by atoms with Gasteiger partial charge in [0, 0.05) is 0 Å². The van der Waals surface area contributed by atoms with Crippen LogP contribution in [-0.4, -0.2) is 60.2 Å². The van der Waals surface area contributed by atoms with E-state index in [0.717, 1.165) is 25.9 Å². The average molecular weight is 361 g/mol. The fourth-order valence-corrected chi connectivity index (χ4v) is 4.04. The second-order valence-corrected chi connectivity index (χ2v) is 6.69. The number of carbonyl (C=O) groups excluding carboxylic acids is 1. The van der Waals surface area contributed by atoms with Gasteiger partial charge in [-0.3, -0.25) is 14.5 Å². The van der Waals surface area contributed by atoms with Crippen molar-refractivity contribution in [2.75, 3.05) is 27.3 Å². The molecule has 0 aromatic heterocycles. The summed E-state index contributed by atoms with van der Waals surface area (Å²) in [7, 11) is 2.86. The number of fused-ring (bicyclic) bond motifs is 3. The Morgan fingerprint density at radius 3 is 2.23 bits per heavy atom. The summed E-state index contributed by atoms with van der Waals surface area (Å²) in [5, 5.41) is 19.5. The number of ether oxygens (including phenoxy) is 2. The summed E-state index contributed by atoms with van der Waals surface area (Å²) in [5.74, 6) is -1.16. The Bertz CT molecular complexity index is 711. The normalized spacial score (nSPS) is 27.5. The minimum absolute atomic E-state index is 0.109. The van der Waals surface area contributed by atoms with E-state index in [9.17, 15) is 19.8 Å². The molecule has 1 aromatic carbocycles. The second kappa shape index (κ2) is 7.37. The number of rotatable bonds is 6. The number of nitrogens with zero attached hydrogens (tertiary/aromatic N) is 1. The zero-order valence-electron chi connectivity index (χ0n) is 14.8. The topological polar surface area (TPSA) is 96.3 Å². The van der Waals surface area contributed by atoms with Gasteiger partial charge in [-0.25, -0.2) is 0 Å². The van der Waals surface area contributed by atoms with Gasteiger partial charge in [-0.05, 0) is 55.6 Å². The molecule has 3 saturated heterocycles. The summed E-state index contributed by atoms with van der Waals surface area (Å²) in [6, 6.07) is 2.43. The van der Waals surface area contributed by atoms with E-state index in [1.54, 1.807) is 18.2 Å². The lowest BCUT2D eigenvalue weighted by molar-refractivity contribution is -0.156. The molecule has 3 aliphatic heterocycles. The number of piperidine rings is 3. The number of aromatic hydroxyl groups is 1. The highest BCUT2D eigenvalue weighted by molar-refractivity contribution is 5.99. The number of carboxylic acid groups (broad SMARTS) is 1. The van der Waals surface area contributed by atoms with Crippen LogP contribution in [0.1, 0.15) is 18.4 Å². The van der Waals surface area contributed by atoms with E-state index in [1.807, 2.05) is 4.90 Å². The van der Waals surface area contributed by atoms with E-state index in [2.05, 4.69) is 0 Å². The quantitative estimate of drug-likeness (QED) is 0.746. The number of hydrogen-bond acceptors (Lipinski definition) is 6. The van der Waals surface area contributed by atoms with Crippen LogP contribution in [0.25, 0.3) is 6.08 Å². The third-order valence-electron chi connectivity index (χ3n) is 5.34. The molecule has 4 rings (SSSR count). The Labute approximate surface area is 151 Å². The smallest absolute Gasteiger partial charge is 0.321 e. The molecule has 2 bridgehead atoms. The molecule has 7 heteroatoms. The molecule has 3 fully saturated rings. The molecule has 0 saturated carbocycles. The Balaban J connectivity index is 1.84. The minimum Gasteiger partial charge on any atom is -0.502 e. The van der Waals surface area contributed by atoms with Gasteiger partial charge in [-0.1, -0.05) is 6.08 Å². The number of aliphatic carboxylic acids is 1. The first-order valence-electron chi connectivity index (χ1n) is 8.60. The number of benzene rings is 1. The Kier molecular flexibility index (Phi) is 5.18. The average Bonchev–Trinajstić information content (AvgIpc) is 2.66. The molecule has 0 aliphatic carbocycles. The standard InChI is InChI=1S/C19H23NO6/c1-25-14-9-11(10-15(26-2)18(14)22)3-4-13(21)16-12-5-7-20(8-6-12)17(16)19(23)24/h3-4,9-10,12,16-17,22H,5-8H2,1-2H3,(H,23,24)/b4-3+. The number of phenolic OH excluding ortho intramolecular Hbond substituents is 1. The second-order valence-electron chi connectivity index (χ2n) is 6.69. The predicted molar refractivity (Wildman–Crippen MR) is 94.5 cm³/mol. The third kappa shape index (κ3) is 3.26. The van der Waals surface area contributed by atoms with Crippen molar-refractivity contribution < 1.29 is 29.3 Å². The number of ketones is 1. The van der Waals surface area contributed by atoms with Gasteiger partial charge in [0.05, 0.1) is 20.1 Å². The van der Waals surface area contributed by atoms with Crippen LogP contribution in [0.15, 0.2) is 18.2 Å². The monoisotopic (exact) mass is 361 g/mol. The highest BCUT2D eigenvalue weighted by Gasteiger charge is 2.48. The van der Waals surface area contributed by atoms with Crippen molar-refractivity contribution in [1.82, 2.24) is 4.90 Å². The highest BCUT2D eigenvalue weighted by Crippen LogP contribution is 2.39. The van der Waals surface area contributed by atoms with Crippen LogP contribution < -0.4 is 9.47 Å². The maximum Gasteiger partial charge on any atom is 0.321 e. The summed E-state index contributed by atoms with van der Waals surface area (Å²) in [6.45, 7) is 1.48. The van der Waals surface area contributed by atoms with Crippen molar-refractivity contribution >= 4 is 17.8 Å². The van der Waals surface area contributed by atoms with Crippen molar-refractivity contribution in [1.29, 1.82) is 0 Å². The van der Waals surface area contributed by atoms with Crippen molar-refractivity contribution in [2.24, 2.45) is 11.8 Å². The van der Waals surface area contributed by atoms with Crippen molar-refractivity contribution in [3.05, 3.63) is 23.8 Å². The maximum atomic E-state index is 12.8. The van der Waals surface area contributed by atoms with Crippen LogP contribution in [0.5, 0.6) is 17.2 Å². The molecule has 0 spiro atoms. The van der Waals surface area contributed by atoms with Gasteiger partial charge in [-0.2, -0.15) is 0 Å². The molecule has 2 N–H and O–H groups in total. The number of methoxy groups -OCH3 is 2. The summed E-state index contributed by atoms with van der Waals surface area (Å²) >= 11 is 0. The van der Waals surface area contributed by atoms with Gasteiger partial charge in [0.25, 0.3) is 0 Å². The minimum atomic E-state index is -0.936. The van der Waals surface area contributed by atoms with Crippen molar-refractivity contribution in [3.63, 3.8) is 0 Å². The van der Waals surface area contributed by atoms with E-state index < -0.39 is 17.9 Å². The van der Waals surface area contributed by atoms with Crippen LogP contribution in [0.3, 0.4) is 0 Å². The van der Waals surface area contributed by atoms with Gasteiger partial charge >= 0.3 is 5.97 Å². The lowest BCUT2D eigenvalue weighted by Crippen LogP contribution is -2.60. The number of phenols is 1. The van der Waals surface area contributed by atoms with Crippen LogP contribution in [0.4, 0.5) is 0 Å². The van der Waals surface area contributed by atoms with Gasteiger partial charge in [0.1, 0.15) is 6.04 Å². The molecule has 3 heterocycles. The molecule has 1 aromatic rings. The van der Waals surface area contributed by atoms with Gasteiger partial charge in [0.15, 0.2) is 17.3 Å². The number of hydrogen-bond donors (Lipinski definition) is 2. The number of carbonyl (C=O) groups is 2. The molecule has 26 heavy (non-hydrogen) atoms. The first-order chi connectivity index (χ1) is 12.5. The predicted octanol–water partition coefficient (Wildman–Crippen LogP) is 1.79. The number of allylic oxidation sites excluding steroid dienone is 1. The van der Waals surface area contributed by atoms with E-state index in [-0.39, 0.29) is 28.9 Å². The third-order valence-corrected chi connectivity index (χ3v) is 5.34. The molecule has 0 radical (unpaired) electrons.